The van der Waals surface area contributed by atoms with Crippen LogP contribution < -0.4 is 10.6 Å². The maximum Gasteiger partial charge on any atom is 0.251 e. The number of carbonyl (C=O) groups is 2. The summed E-state index contributed by atoms with van der Waals surface area (Å²) in [6.45, 7) is 6.52. The first-order chi connectivity index (χ1) is 15.4. The van der Waals surface area contributed by atoms with E-state index < -0.39 is 6.04 Å². The van der Waals surface area contributed by atoms with E-state index in [-0.39, 0.29) is 17.9 Å². The number of thioether (sulfide) groups is 2. The van der Waals surface area contributed by atoms with Gasteiger partial charge in [-0.15, -0.1) is 5.10 Å². The Morgan fingerprint density at radius 1 is 1.25 bits per heavy atom. The van der Waals surface area contributed by atoms with Crippen LogP contribution in [0.25, 0.3) is 0 Å². The first-order valence-corrected chi connectivity index (χ1v) is 13.6. The lowest BCUT2D eigenvalue weighted by atomic mass is 10.1. The summed E-state index contributed by atoms with van der Waals surface area (Å²) >= 11 is 3.58. The molecule has 0 aliphatic carbocycles. The highest BCUT2D eigenvalue weighted by molar-refractivity contribution is 7.99. The lowest BCUT2D eigenvalue weighted by molar-refractivity contribution is -0.123. The standard InChI is InChI=1S/C23H35N5O2S2/c1-5-32-12-7-10-20-16-28(27-26-20)18(3)15-24-23(30)21(11-13-31-4)25-22(29)19-9-6-8-17(2)14-19/h6,8-9,14,16,18,21H,5,7,10-13,15H2,1-4H3,(H,24,30)(H,25,29). The Morgan fingerprint density at radius 2 is 2.06 bits per heavy atom. The minimum Gasteiger partial charge on any atom is -0.352 e. The number of rotatable bonds is 14. The molecule has 2 unspecified atom stereocenters. The van der Waals surface area contributed by atoms with Gasteiger partial charge in [0.15, 0.2) is 0 Å². The molecule has 1 aromatic carbocycles. The number of nitrogens with one attached hydrogen (secondary N) is 2. The molecule has 176 valence electrons. The van der Waals surface area contributed by atoms with Crippen molar-refractivity contribution in [3.05, 3.63) is 47.3 Å². The van der Waals surface area contributed by atoms with Crippen molar-refractivity contribution in [2.75, 3.05) is 30.1 Å². The average Bonchev–Trinajstić information content (AvgIpc) is 3.26. The van der Waals surface area contributed by atoms with E-state index in [1.165, 1.54) is 0 Å². The van der Waals surface area contributed by atoms with Crippen molar-refractivity contribution in [1.29, 1.82) is 0 Å². The molecule has 0 spiro atoms. The second-order valence-electron chi connectivity index (χ2n) is 7.76. The topological polar surface area (TPSA) is 88.9 Å². The summed E-state index contributed by atoms with van der Waals surface area (Å²) in [5.41, 5.74) is 2.55. The first kappa shape index (κ1) is 26.3. The van der Waals surface area contributed by atoms with Gasteiger partial charge in [-0.3, -0.25) is 9.59 Å². The van der Waals surface area contributed by atoms with Crippen LogP contribution in [0.5, 0.6) is 0 Å². The summed E-state index contributed by atoms with van der Waals surface area (Å²) < 4.78 is 1.80. The molecule has 2 rings (SSSR count). The zero-order valence-corrected chi connectivity index (χ0v) is 21.1. The van der Waals surface area contributed by atoms with E-state index in [9.17, 15) is 9.59 Å². The summed E-state index contributed by atoms with van der Waals surface area (Å²) in [7, 11) is 0. The average molecular weight is 478 g/mol. The van der Waals surface area contributed by atoms with Crippen molar-refractivity contribution in [2.45, 2.75) is 52.1 Å². The number of aromatic nitrogens is 3. The second-order valence-corrected chi connectivity index (χ2v) is 10.1. The number of hydrogen-bond donors (Lipinski definition) is 2. The third kappa shape index (κ3) is 8.86. The highest BCUT2D eigenvalue weighted by Gasteiger charge is 2.22. The van der Waals surface area contributed by atoms with E-state index in [1.807, 2.05) is 56.3 Å². The molecule has 2 N–H and O–H groups in total. The van der Waals surface area contributed by atoms with Crippen LogP contribution in [0.4, 0.5) is 0 Å². The van der Waals surface area contributed by atoms with E-state index in [0.717, 1.165) is 41.4 Å². The Hall–Kier alpha value is -2.00. The van der Waals surface area contributed by atoms with Gasteiger partial charge in [0.05, 0.1) is 11.7 Å². The van der Waals surface area contributed by atoms with E-state index in [0.29, 0.717) is 18.5 Å². The fourth-order valence-corrected chi connectivity index (χ4v) is 4.25. The predicted molar refractivity (Wildman–Crippen MR) is 134 cm³/mol. The Balaban J connectivity index is 1.89. The Kier molecular flexibility index (Phi) is 11.7. The molecule has 7 nitrogen and oxygen atoms in total. The molecule has 9 heteroatoms. The van der Waals surface area contributed by atoms with Crippen LogP contribution in [0.2, 0.25) is 0 Å². The molecule has 32 heavy (non-hydrogen) atoms. The van der Waals surface area contributed by atoms with Crippen LogP contribution in [0.3, 0.4) is 0 Å². The number of carbonyl (C=O) groups excluding carboxylic acids is 2. The smallest absolute Gasteiger partial charge is 0.251 e. The van der Waals surface area contributed by atoms with Gasteiger partial charge in [0, 0.05) is 18.3 Å². The highest BCUT2D eigenvalue weighted by Crippen LogP contribution is 2.10. The van der Waals surface area contributed by atoms with Crippen LogP contribution in [-0.4, -0.2) is 62.9 Å². The monoisotopic (exact) mass is 477 g/mol. The minimum atomic E-state index is -0.579. The maximum absolute atomic E-state index is 12.8. The molecular weight excluding hydrogens is 442 g/mol. The number of nitrogens with zero attached hydrogens (tertiary/aromatic N) is 3. The molecule has 0 aliphatic heterocycles. The van der Waals surface area contributed by atoms with Crippen molar-refractivity contribution in [1.82, 2.24) is 25.6 Å². The quantitative estimate of drug-likeness (QED) is 0.405. The van der Waals surface area contributed by atoms with E-state index >= 15 is 0 Å². The maximum atomic E-state index is 12.8. The molecule has 0 bridgehead atoms. The Morgan fingerprint density at radius 3 is 2.78 bits per heavy atom. The molecule has 2 atom stereocenters. The highest BCUT2D eigenvalue weighted by atomic mass is 32.2. The zero-order chi connectivity index (χ0) is 23.3. The van der Waals surface area contributed by atoms with E-state index in [4.69, 9.17) is 0 Å². The Bertz CT molecular complexity index is 858. The summed E-state index contributed by atoms with van der Waals surface area (Å²) in [6, 6.07) is 6.76. The van der Waals surface area contributed by atoms with Gasteiger partial charge >= 0.3 is 0 Å². The summed E-state index contributed by atoms with van der Waals surface area (Å²) in [4.78, 5) is 25.5. The molecule has 0 saturated carbocycles. The lowest BCUT2D eigenvalue weighted by Crippen LogP contribution is -2.48. The van der Waals surface area contributed by atoms with Gasteiger partial charge in [0.25, 0.3) is 5.91 Å². The van der Waals surface area contributed by atoms with Gasteiger partial charge in [0.2, 0.25) is 5.91 Å². The van der Waals surface area contributed by atoms with E-state index in [1.54, 1.807) is 22.5 Å². The van der Waals surface area contributed by atoms with Crippen LogP contribution in [0.15, 0.2) is 30.5 Å². The van der Waals surface area contributed by atoms with Gasteiger partial charge in [-0.05, 0) is 68.8 Å². The van der Waals surface area contributed by atoms with Gasteiger partial charge in [0.1, 0.15) is 6.04 Å². The SMILES string of the molecule is CCSCCCc1cn(C(C)CNC(=O)C(CCSC)NC(=O)c2cccc(C)c2)nn1. The van der Waals surface area contributed by atoms with Gasteiger partial charge in [-0.1, -0.05) is 29.8 Å². The van der Waals surface area contributed by atoms with Crippen molar-refractivity contribution < 1.29 is 9.59 Å². The summed E-state index contributed by atoms with van der Waals surface area (Å²) in [6.07, 6.45) is 6.51. The molecule has 1 aromatic heterocycles. The fourth-order valence-electron chi connectivity index (χ4n) is 3.14. The first-order valence-electron chi connectivity index (χ1n) is 11.1. The molecule has 2 aromatic rings. The van der Waals surface area contributed by atoms with Crippen LogP contribution in [0.1, 0.15) is 54.3 Å². The lowest BCUT2D eigenvalue weighted by Gasteiger charge is -2.20. The Labute approximate surface area is 199 Å². The number of amides is 2. The molecule has 0 saturated heterocycles. The van der Waals surface area contributed by atoms with Crippen LogP contribution >= 0.6 is 23.5 Å². The molecule has 0 fully saturated rings. The summed E-state index contributed by atoms with van der Waals surface area (Å²) in [5.74, 6) is 2.63. The second kappa shape index (κ2) is 14.2. The fraction of sp³-hybridized carbons (Fsp3) is 0.565. The molecule has 0 aliphatic rings. The van der Waals surface area contributed by atoms with Crippen molar-refractivity contribution in [3.8, 4) is 0 Å². The molecule has 0 radical (unpaired) electrons. The summed E-state index contributed by atoms with van der Waals surface area (Å²) in [5, 5.41) is 14.3. The number of hydrogen-bond acceptors (Lipinski definition) is 6. The third-order valence-corrected chi connectivity index (χ3v) is 6.65. The van der Waals surface area contributed by atoms with Crippen molar-refractivity contribution in [2.24, 2.45) is 0 Å². The van der Waals surface area contributed by atoms with Gasteiger partial charge in [-0.25, -0.2) is 4.68 Å². The van der Waals surface area contributed by atoms with Crippen molar-refractivity contribution >= 4 is 35.3 Å². The normalized spacial score (nSPS) is 12.9. The number of aryl methyl sites for hydroxylation is 2. The zero-order valence-electron chi connectivity index (χ0n) is 19.5. The van der Waals surface area contributed by atoms with Crippen LogP contribution in [-0.2, 0) is 11.2 Å². The molecule has 1 heterocycles. The largest absolute Gasteiger partial charge is 0.352 e. The van der Waals surface area contributed by atoms with Crippen molar-refractivity contribution in [3.63, 3.8) is 0 Å². The minimum absolute atomic E-state index is 0.0288. The predicted octanol–water partition coefficient (Wildman–Crippen LogP) is 3.50. The van der Waals surface area contributed by atoms with Gasteiger partial charge in [-0.2, -0.15) is 23.5 Å². The van der Waals surface area contributed by atoms with Gasteiger partial charge < -0.3 is 10.6 Å². The van der Waals surface area contributed by atoms with Crippen LogP contribution in [0, 0.1) is 6.92 Å². The molecule has 2 amide bonds. The number of benzene rings is 1. The molecular formula is C23H35N5O2S2. The third-order valence-electron chi connectivity index (χ3n) is 5.02. The van der Waals surface area contributed by atoms with E-state index in [2.05, 4.69) is 27.9 Å².